The Morgan fingerprint density at radius 1 is 1.27 bits per heavy atom. The minimum atomic E-state index is -3.22. The van der Waals surface area contributed by atoms with Gasteiger partial charge in [-0.05, 0) is 42.7 Å². The van der Waals surface area contributed by atoms with Crippen molar-refractivity contribution < 1.29 is 18.3 Å². The number of phenols is 1. The van der Waals surface area contributed by atoms with E-state index in [2.05, 4.69) is 10.8 Å². The van der Waals surface area contributed by atoms with Crippen molar-refractivity contribution in [3.05, 3.63) is 69.4 Å². The maximum atomic E-state index is 12.6. The average Bonchev–Trinajstić information content (AvgIpc) is 3.09. The summed E-state index contributed by atoms with van der Waals surface area (Å²) in [6, 6.07) is 9.98. The van der Waals surface area contributed by atoms with Crippen LogP contribution in [0.3, 0.4) is 0 Å². The predicted octanol–water partition coefficient (Wildman–Crippen LogP) is 3.34. The van der Waals surface area contributed by atoms with Crippen LogP contribution in [0.2, 0.25) is 0 Å². The molecule has 0 saturated carbocycles. The van der Waals surface area contributed by atoms with Crippen molar-refractivity contribution in [3.8, 4) is 5.75 Å². The average molecular weight is 389 g/mol. The summed E-state index contributed by atoms with van der Waals surface area (Å²) in [7, 11) is -3.22. The van der Waals surface area contributed by atoms with Gasteiger partial charge < -0.3 is 5.11 Å². The highest BCUT2D eigenvalue weighted by atomic mass is 32.2. The Hall–Kier alpha value is -2.22. The van der Waals surface area contributed by atoms with Gasteiger partial charge in [-0.3, -0.25) is 4.79 Å². The Bertz CT molecular complexity index is 1000. The van der Waals surface area contributed by atoms with Crippen LogP contribution in [0.25, 0.3) is 5.57 Å². The van der Waals surface area contributed by atoms with E-state index in [9.17, 15) is 18.3 Å². The molecule has 1 aliphatic rings. The standard InChI is InChI=1S/C19H19NO4S2/c1-26(23,24)20-12-13-4-2-5-14(10-13)17-8-9-18(25-17)19(22)15-6-3-7-16(21)11-15/h3,5-11,20-21H,2,4,12H2,1H3. The van der Waals surface area contributed by atoms with E-state index in [4.69, 9.17) is 0 Å². The van der Waals surface area contributed by atoms with Gasteiger partial charge in [-0.2, -0.15) is 0 Å². The molecule has 1 heterocycles. The van der Waals surface area contributed by atoms with Gasteiger partial charge >= 0.3 is 0 Å². The quantitative estimate of drug-likeness (QED) is 0.742. The molecule has 0 atom stereocenters. The second kappa shape index (κ2) is 7.57. The first-order valence-corrected chi connectivity index (χ1v) is 10.8. The van der Waals surface area contributed by atoms with Crippen molar-refractivity contribution in [1.82, 2.24) is 4.72 Å². The lowest BCUT2D eigenvalue weighted by molar-refractivity contribution is 0.104. The number of carbonyl (C=O) groups excluding carboxylic acids is 1. The molecule has 1 aromatic carbocycles. The molecule has 0 fully saturated rings. The number of allylic oxidation sites excluding steroid dienone is 3. The Morgan fingerprint density at radius 2 is 2.08 bits per heavy atom. The first-order valence-electron chi connectivity index (χ1n) is 8.10. The summed E-state index contributed by atoms with van der Waals surface area (Å²) in [4.78, 5) is 14.1. The number of ketones is 1. The van der Waals surface area contributed by atoms with E-state index < -0.39 is 10.0 Å². The first-order chi connectivity index (χ1) is 12.3. The van der Waals surface area contributed by atoms with Crippen LogP contribution in [0.1, 0.15) is 33.0 Å². The number of rotatable bonds is 6. The topological polar surface area (TPSA) is 83.5 Å². The molecular formula is C19H19NO4S2. The molecule has 0 spiro atoms. The molecular weight excluding hydrogens is 370 g/mol. The van der Waals surface area contributed by atoms with Crippen molar-refractivity contribution in [2.24, 2.45) is 0 Å². The summed E-state index contributed by atoms with van der Waals surface area (Å²) in [5.74, 6) is -0.0647. The van der Waals surface area contributed by atoms with Crippen molar-refractivity contribution >= 4 is 32.7 Å². The van der Waals surface area contributed by atoms with Gasteiger partial charge in [0.1, 0.15) is 5.75 Å². The van der Waals surface area contributed by atoms with Gasteiger partial charge in [-0.1, -0.05) is 29.9 Å². The number of hydrogen-bond acceptors (Lipinski definition) is 5. The van der Waals surface area contributed by atoms with Crippen molar-refractivity contribution in [2.45, 2.75) is 12.8 Å². The molecule has 2 N–H and O–H groups in total. The molecule has 1 aromatic heterocycles. The lowest BCUT2D eigenvalue weighted by atomic mass is 9.98. The van der Waals surface area contributed by atoms with E-state index >= 15 is 0 Å². The molecule has 3 rings (SSSR count). The van der Waals surface area contributed by atoms with Crippen LogP contribution in [0.5, 0.6) is 5.75 Å². The number of phenolic OH excluding ortho intramolecular Hbond substituents is 1. The summed E-state index contributed by atoms with van der Waals surface area (Å²) in [6.45, 7) is 0.302. The maximum absolute atomic E-state index is 12.6. The fourth-order valence-electron chi connectivity index (χ4n) is 2.70. The molecule has 26 heavy (non-hydrogen) atoms. The largest absolute Gasteiger partial charge is 0.508 e. The van der Waals surface area contributed by atoms with Crippen LogP contribution in [-0.4, -0.2) is 32.1 Å². The highest BCUT2D eigenvalue weighted by molar-refractivity contribution is 7.88. The molecule has 136 valence electrons. The van der Waals surface area contributed by atoms with Crippen molar-refractivity contribution in [2.75, 3.05) is 12.8 Å². The molecule has 2 aromatic rings. The van der Waals surface area contributed by atoms with E-state index in [1.54, 1.807) is 18.2 Å². The third-order valence-electron chi connectivity index (χ3n) is 3.97. The van der Waals surface area contributed by atoms with Gasteiger partial charge in [-0.25, -0.2) is 13.1 Å². The third-order valence-corrected chi connectivity index (χ3v) is 5.78. The number of sulfonamides is 1. The fourth-order valence-corrected chi connectivity index (χ4v) is 4.13. The smallest absolute Gasteiger partial charge is 0.208 e. The summed E-state index contributed by atoms with van der Waals surface area (Å²) < 4.78 is 25.0. The highest BCUT2D eigenvalue weighted by Gasteiger charge is 2.15. The zero-order chi connectivity index (χ0) is 18.7. The molecule has 0 radical (unpaired) electrons. The Labute approximate surface area is 156 Å². The van der Waals surface area contributed by atoms with Crippen LogP contribution in [0, 0.1) is 0 Å². The molecule has 0 unspecified atom stereocenters. The first kappa shape index (κ1) is 18.6. The lowest BCUT2D eigenvalue weighted by Gasteiger charge is -2.13. The van der Waals surface area contributed by atoms with Gasteiger partial charge in [0, 0.05) is 17.0 Å². The summed E-state index contributed by atoms with van der Waals surface area (Å²) in [6.07, 6.45) is 6.87. The second-order valence-corrected chi connectivity index (χ2v) is 9.05. The normalized spacial score (nSPS) is 14.7. The van der Waals surface area contributed by atoms with Gasteiger partial charge in [0.2, 0.25) is 15.8 Å². The third kappa shape index (κ3) is 4.69. The van der Waals surface area contributed by atoms with Crippen LogP contribution >= 0.6 is 11.3 Å². The molecule has 0 amide bonds. The summed E-state index contributed by atoms with van der Waals surface area (Å²) in [5.41, 5.74) is 2.47. The van der Waals surface area contributed by atoms with Crippen LogP contribution in [-0.2, 0) is 10.0 Å². The van der Waals surface area contributed by atoms with E-state index in [-0.39, 0.29) is 11.5 Å². The minimum Gasteiger partial charge on any atom is -0.508 e. The number of carbonyl (C=O) groups is 1. The van der Waals surface area contributed by atoms with E-state index in [0.717, 1.165) is 35.1 Å². The zero-order valence-electron chi connectivity index (χ0n) is 14.2. The summed E-state index contributed by atoms with van der Waals surface area (Å²) >= 11 is 1.39. The van der Waals surface area contributed by atoms with E-state index in [1.807, 2.05) is 12.1 Å². The molecule has 7 heteroatoms. The van der Waals surface area contributed by atoms with Gasteiger partial charge in [0.15, 0.2) is 0 Å². The number of aromatic hydroxyl groups is 1. The molecule has 1 aliphatic carbocycles. The Balaban J connectivity index is 1.78. The number of nitrogens with one attached hydrogen (secondary N) is 1. The molecule has 5 nitrogen and oxygen atoms in total. The Morgan fingerprint density at radius 3 is 2.81 bits per heavy atom. The SMILES string of the molecule is CS(=O)(=O)NCC1=CC(c2ccc(C(=O)c3cccc(O)c3)s2)=CCC1. The maximum Gasteiger partial charge on any atom is 0.208 e. The van der Waals surface area contributed by atoms with Crippen LogP contribution in [0.15, 0.2) is 54.1 Å². The Kier molecular flexibility index (Phi) is 5.41. The van der Waals surface area contributed by atoms with Crippen molar-refractivity contribution in [3.63, 3.8) is 0 Å². The molecule has 0 saturated heterocycles. The lowest BCUT2D eigenvalue weighted by Crippen LogP contribution is -2.24. The van der Waals surface area contributed by atoms with Gasteiger partial charge in [-0.15, -0.1) is 11.3 Å². The molecule has 0 aliphatic heterocycles. The molecule has 0 bridgehead atoms. The zero-order valence-corrected chi connectivity index (χ0v) is 15.9. The van der Waals surface area contributed by atoms with E-state index in [1.165, 1.54) is 23.5 Å². The minimum absolute atomic E-state index is 0.0635. The highest BCUT2D eigenvalue weighted by Crippen LogP contribution is 2.31. The van der Waals surface area contributed by atoms with Crippen LogP contribution < -0.4 is 4.72 Å². The monoisotopic (exact) mass is 389 g/mol. The number of hydrogen-bond donors (Lipinski definition) is 2. The second-order valence-electron chi connectivity index (χ2n) is 6.14. The number of thiophene rings is 1. The predicted molar refractivity (Wildman–Crippen MR) is 104 cm³/mol. The summed E-state index contributed by atoms with van der Waals surface area (Å²) in [5, 5.41) is 9.54. The van der Waals surface area contributed by atoms with Crippen molar-refractivity contribution in [1.29, 1.82) is 0 Å². The van der Waals surface area contributed by atoms with Crippen LogP contribution in [0.4, 0.5) is 0 Å². The number of benzene rings is 1. The van der Waals surface area contributed by atoms with Gasteiger partial charge in [0.25, 0.3) is 0 Å². The fraction of sp³-hybridized carbons (Fsp3) is 0.211. The van der Waals surface area contributed by atoms with Gasteiger partial charge in [0.05, 0.1) is 11.1 Å². The van der Waals surface area contributed by atoms with E-state index in [0.29, 0.717) is 17.0 Å².